The quantitative estimate of drug-likeness (QED) is 0.380. The molecule has 2 aromatic carbocycles. The highest BCUT2D eigenvalue weighted by molar-refractivity contribution is 6.31. The van der Waals surface area contributed by atoms with E-state index in [-0.39, 0.29) is 5.88 Å². The van der Waals surface area contributed by atoms with E-state index in [1.165, 1.54) is 12.8 Å². The first-order chi connectivity index (χ1) is 18.0. The first kappa shape index (κ1) is 25.9. The van der Waals surface area contributed by atoms with Crippen LogP contribution in [0.1, 0.15) is 44.2 Å². The summed E-state index contributed by atoms with van der Waals surface area (Å²) in [4.78, 5) is 25.2. The largest absolute Gasteiger partial charge is 0.428 e. The van der Waals surface area contributed by atoms with Crippen LogP contribution in [0.2, 0.25) is 10.0 Å². The number of nitrogens with zero attached hydrogens (tertiary/aromatic N) is 4. The summed E-state index contributed by atoms with van der Waals surface area (Å²) in [6.45, 7) is 4.15. The lowest BCUT2D eigenvalue weighted by atomic mass is 10.0. The number of hydrogen-bond donors (Lipinski definition) is 1. The summed E-state index contributed by atoms with van der Waals surface area (Å²) in [5.41, 5.74) is 6.54. The van der Waals surface area contributed by atoms with Gasteiger partial charge in [-0.1, -0.05) is 60.3 Å². The van der Waals surface area contributed by atoms with Crippen molar-refractivity contribution in [3.8, 4) is 28.4 Å². The minimum absolute atomic E-state index is 0.225. The molecule has 5 rings (SSSR count). The van der Waals surface area contributed by atoms with Gasteiger partial charge < -0.3 is 4.74 Å². The lowest BCUT2D eigenvalue weighted by molar-refractivity contribution is 0.127. The molecule has 2 aliphatic heterocycles. The van der Waals surface area contributed by atoms with Crippen molar-refractivity contribution in [2.75, 3.05) is 26.2 Å². The zero-order valence-electron chi connectivity index (χ0n) is 20.8. The standard InChI is InChI=1S/C28H31Cl2N5O2/c29-22-11-7-20(8-12-22)25-26(21-9-13-23(30)14-10-21)32-27(24(31-25)19-34-15-3-1-4-16-34)37-28(36)33-35-17-5-2-6-18-35/h7-14H,1-6,15-19H2,(H,33,36). The predicted molar refractivity (Wildman–Crippen MR) is 147 cm³/mol. The van der Waals surface area contributed by atoms with Gasteiger partial charge in [-0.2, -0.15) is 0 Å². The summed E-state index contributed by atoms with van der Waals surface area (Å²) in [5, 5.41) is 3.18. The molecule has 1 aromatic heterocycles. The summed E-state index contributed by atoms with van der Waals surface area (Å²) >= 11 is 12.3. The number of halogens is 2. The summed E-state index contributed by atoms with van der Waals surface area (Å²) in [5.74, 6) is 0.225. The molecule has 2 saturated heterocycles. The maximum atomic E-state index is 12.9. The van der Waals surface area contributed by atoms with E-state index >= 15 is 0 Å². The van der Waals surface area contributed by atoms with Crippen molar-refractivity contribution < 1.29 is 9.53 Å². The minimum atomic E-state index is -0.544. The van der Waals surface area contributed by atoms with Gasteiger partial charge in [0.05, 0.1) is 5.69 Å². The highest BCUT2D eigenvalue weighted by Crippen LogP contribution is 2.34. The second-order valence-electron chi connectivity index (χ2n) is 9.57. The molecule has 194 valence electrons. The molecule has 0 radical (unpaired) electrons. The number of rotatable bonds is 6. The zero-order chi connectivity index (χ0) is 25.6. The van der Waals surface area contributed by atoms with Crippen molar-refractivity contribution in [2.45, 2.75) is 45.1 Å². The smallest absolute Gasteiger partial charge is 0.388 e. The third-order valence-corrected chi connectivity index (χ3v) is 7.29. The number of hydrazine groups is 1. The first-order valence-electron chi connectivity index (χ1n) is 12.9. The number of aromatic nitrogens is 2. The summed E-state index contributed by atoms with van der Waals surface area (Å²) in [6, 6.07) is 15.0. The van der Waals surface area contributed by atoms with Gasteiger partial charge in [0.2, 0.25) is 5.88 Å². The van der Waals surface area contributed by atoms with Crippen LogP contribution in [-0.4, -0.2) is 52.1 Å². The van der Waals surface area contributed by atoms with E-state index in [0.29, 0.717) is 33.7 Å². The number of carbonyl (C=O) groups is 1. The number of likely N-dealkylation sites (tertiary alicyclic amines) is 1. The average molecular weight is 540 g/mol. The maximum Gasteiger partial charge on any atom is 0.428 e. The Morgan fingerprint density at radius 3 is 1.84 bits per heavy atom. The molecular formula is C28H31Cl2N5O2. The number of nitrogens with one attached hydrogen (secondary N) is 1. The third kappa shape index (κ3) is 6.79. The average Bonchev–Trinajstić information content (AvgIpc) is 2.91. The van der Waals surface area contributed by atoms with Gasteiger partial charge in [0.25, 0.3) is 0 Å². The molecule has 3 aromatic rings. The van der Waals surface area contributed by atoms with Crippen LogP contribution in [-0.2, 0) is 6.54 Å². The van der Waals surface area contributed by atoms with E-state index in [0.717, 1.165) is 63.0 Å². The van der Waals surface area contributed by atoms with E-state index in [4.69, 9.17) is 37.9 Å². The molecule has 0 aliphatic carbocycles. The molecule has 1 amide bonds. The topological polar surface area (TPSA) is 70.6 Å². The Kier molecular flexibility index (Phi) is 8.56. The summed E-state index contributed by atoms with van der Waals surface area (Å²) in [7, 11) is 0. The van der Waals surface area contributed by atoms with Gasteiger partial charge in [-0.05, 0) is 63.0 Å². The van der Waals surface area contributed by atoms with Crippen molar-refractivity contribution in [1.82, 2.24) is 25.3 Å². The van der Waals surface area contributed by atoms with Crippen LogP contribution >= 0.6 is 23.2 Å². The number of ether oxygens (including phenoxy) is 1. The van der Waals surface area contributed by atoms with Gasteiger partial charge in [-0.25, -0.2) is 19.8 Å². The molecule has 0 saturated carbocycles. The van der Waals surface area contributed by atoms with Crippen molar-refractivity contribution in [3.63, 3.8) is 0 Å². The second-order valence-corrected chi connectivity index (χ2v) is 10.4. The summed E-state index contributed by atoms with van der Waals surface area (Å²) < 4.78 is 5.85. The minimum Gasteiger partial charge on any atom is -0.388 e. The SMILES string of the molecule is O=C(NN1CCCCC1)Oc1nc(-c2ccc(Cl)cc2)c(-c2ccc(Cl)cc2)nc1CN1CCCCC1. The van der Waals surface area contributed by atoms with E-state index in [1.54, 1.807) is 0 Å². The van der Waals surface area contributed by atoms with Crippen molar-refractivity contribution in [2.24, 2.45) is 0 Å². The van der Waals surface area contributed by atoms with Crippen LogP contribution < -0.4 is 10.2 Å². The fourth-order valence-corrected chi connectivity index (χ4v) is 5.08. The number of amides is 1. The van der Waals surface area contributed by atoms with Crippen LogP contribution in [0.25, 0.3) is 22.5 Å². The van der Waals surface area contributed by atoms with Crippen molar-refractivity contribution in [1.29, 1.82) is 0 Å². The molecule has 9 heteroatoms. The molecular weight excluding hydrogens is 509 g/mol. The van der Waals surface area contributed by atoms with Crippen LogP contribution in [0, 0.1) is 0 Å². The fraction of sp³-hybridized carbons (Fsp3) is 0.393. The van der Waals surface area contributed by atoms with Crippen LogP contribution in [0.5, 0.6) is 5.88 Å². The molecule has 1 N–H and O–H groups in total. The van der Waals surface area contributed by atoms with Crippen molar-refractivity contribution >= 4 is 29.3 Å². The van der Waals surface area contributed by atoms with Gasteiger partial charge in [-0.3, -0.25) is 10.3 Å². The second kappa shape index (κ2) is 12.2. The van der Waals surface area contributed by atoms with Gasteiger partial charge in [-0.15, -0.1) is 0 Å². The Morgan fingerprint density at radius 2 is 1.27 bits per heavy atom. The Balaban J connectivity index is 1.54. The van der Waals surface area contributed by atoms with E-state index in [2.05, 4.69) is 10.3 Å². The Morgan fingerprint density at radius 1 is 0.757 bits per heavy atom. The lowest BCUT2D eigenvalue weighted by Gasteiger charge is -2.28. The molecule has 0 spiro atoms. The maximum absolute atomic E-state index is 12.9. The summed E-state index contributed by atoms with van der Waals surface area (Å²) in [6.07, 6.45) is 6.26. The zero-order valence-corrected chi connectivity index (χ0v) is 22.3. The molecule has 2 aliphatic rings. The van der Waals surface area contributed by atoms with E-state index in [9.17, 15) is 4.79 Å². The number of hydrogen-bond acceptors (Lipinski definition) is 6. The molecule has 0 unspecified atom stereocenters. The Bertz CT molecular complexity index is 1210. The third-order valence-electron chi connectivity index (χ3n) is 6.78. The first-order valence-corrected chi connectivity index (χ1v) is 13.7. The fourth-order valence-electron chi connectivity index (χ4n) is 4.83. The molecule has 3 heterocycles. The Hall–Kier alpha value is -2.71. The molecule has 37 heavy (non-hydrogen) atoms. The van der Waals surface area contributed by atoms with Gasteiger partial charge >= 0.3 is 6.09 Å². The van der Waals surface area contributed by atoms with E-state index in [1.807, 2.05) is 53.5 Å². The van der Waals surface area contributed by atoms with Gasteiger partial charge in [0.15, 0.2) is 0 Å². The highest BCUT2D eigenvalue weighted by Gasteiger charge is 2.23. The van der Waals surface area contributed by atoms with E-state index < -0.39 is 6.09 Å². The van der Waals surface area contributed by atoms with Gasteiger partial charge in [0.1, 0.15) is 11.4 Å². The van der Waals surface area contributed by atoms with Crippen LogP contribution in [0.3, 0.4) is 0 Å². The van der Waals surface area contributed by atoms with Crippen LogP contribution in [0.4, 0.5) is 4.79 Å². The molecule has 0 bridgehead atoms. The Labute approximate surface area is 227 Å². The van der Waals surface area contributed by atoms with Crippen molar-refractivity contribution in [3.05, 3.63) is 64.3 Å². The molecule has 0 atom stereocenters. The number of piperidine rings is 2. The predicted octanol–water partition coefficient (Wildman–Crippen LogP) is 6.59. The van der Waals surface area contributed by atoms with Crippen LogP contribution in [0.15, 0.2) is 48.5 Å². The monoisotopic (exact) mass is 539 g/mol. The normalized spacial score (nSPS) is 16.9. The molecule has 7 nitrogen and oxygen atoms in total. The highest BCUT2D eigenvalue weighted by atomic mass is 35.5. The number of benzene rings is 2. The van der Waals surface area contributed by atoms with Gasteiger partial charge in [0, 0.05) is 40.8 Å². The molecule has 2 fully saturated rings. The lowest BCUT2D eigenvalue weighted by Crippen LogP contribution is -2.46. The number of carbonyl (C=O) groups excluding carboxylic acids is 1.